The van der Waals surface area contributed by atoms with E-state index in [9.17, 15) is 0 Å². The van der Waals surface area contributed by atoms with E-state index in [0.717, 1.165) is 25.8 Å². The van der Waals surface area contributed by atoms with Crippen LogP contribution in [0.5, 0.6) is 0 Å². The van der Waals surface area contributed by atoms with Gasteiger partial charge >= 0.3 is 41.0 Å². The summed E-state index contributed by atoms with van der Waals surface area (Å²) < 4.78 is 0. The molecule has 1 atom stereocenters. The molecule has 1 saturated heterocycles. The van der Waals surface area contributed by atoms with Crippen molar-refractivity contribution < 1.29 is 25.8 Å². The van der Waals surface area contributed by atoms with Crippen LogP contribution in [0.4, 0.5) is 0 Å². The average molecular weight is 306 g/mol. The molecule has 1 aliphatic rings. The first-order valence-corrected chi connectivity index (χ1v) is 7.46. The van der Waals surface area contributed by atoms with Crippen molar-refractivity contribution in [3.8, 4) is 0 Å². The predicted molar refractivity (Wildman–Crippen MR) is 47.1 cm³/mol. The zero-order valence-electron chi connectivity index (χ0n) is 6.32. The van der Waals surface area contributed by atoms with E-state index in [1.165, 1.54) is 0 Å². The van der Waals surface area contributed by atoms with Gasteiger partial charge in [0.25, 0.3) is 0 Å². The van der Waals surface area contributed by atoms with Crippen molar-refractivity contribution in [3.05, 3.63) is 5.32 Å². The van der Waals surface area contributed by atoms with Crippen LogP contribution in [0.3, 0.4) is 0 Å². The van der Waals surface area contributed by atoms with Crippen molar-refractivity contribution in [3.63, 3.8) is 0 Å². The second kappa shape index (κ2) is 8.28. The molecule has 0 aromatic rings. The molecule has 0 amide bonds. The fraction of sp³-hybridized carbons (Fsp3) is 0.833. The van der Waals surface area contributed by atoms with Gasteiger partial charge in [-0.2, -0.15) is 0 Å². The molecule has 6 heteroatoms. The molecule has 1 aliphatic heterocycles. The van der Waals surface area contributed by atoms with Crippen molar-refractivity contribution in [2.24, 2.45) is 0 Å². The number of nitrogens with zero attached hydrogens (tertiary/aromatic N) is 1. The van der Waals surface area contributed by atoms with Crippen LogP contribution >= 0.6 is 19.1 Å². The number of carboxylic acids is 1. The molecule has 1 rings (SSSR count). The summed E-state index contributed by atoms with van der Waals surface area (Å²) in [5.41, 5.74) is 0. The number of rotatable bonds is 1. The molecule has 0 aromatic heterocycles. The molecule has 0 saturated carbocycles. The molecule has 12 heavy (non-hydrogen) atoms. The van der Waals surface area contributed by atoms with E-state index in [-0.39, 0.29) is 22.0 Å². The predicted octanol–water partition coefficient (Wildman–Crippen LogP) is 2.35. The number of hydrogen-bond donors (Lipinski definition) is 1. The fourth-order valence-electron chi connectivity index (χ4n) is 0.999. The normalized spacial score (nSPS) is 22.7. The van der Waals surface area contributed by atoms with Crippen LogP contribution in [0.25, 0.3) is 5.32 Å². The Labute approximate surface area is 87.9 Å². The Kier molecular flexibility index (Phi) is 8.74. The van der Waals surface area contributed by atoms with Crippen molar-refractivity contribution in [2.75, 3.05) is 6.54 Å². The van der Waals surface area contributed by atoms with E-state index in [0.29, 0.717) is 0 Å². The van der Waals surface area contributed by atoms with Gasteiger partial charge in [-0.1, -0.05) is 19.3 Å². The molecule has 0 radical (unpaired) electrons. The van der Waals surface area contributed by atoms with Gasteiger partial charge in [-0.25, -0.2) is 0 Å². The SMILES string of the molecule is OC(=[OH+])C1CCCC[N-]1.[Cl][Pd][Cl]. The first kappa shape index (κ1) is 12.7. The molecule has 0 aromatic carbocycles. The molecule has 1 unspecified atom stereocenters. The van der Waals surface area contributed by atoms with Gasteiger partial charge in [0.2, 0.25) is 0 Å². The average Bonchev–Trinajstić information content (AvgIpc) is 2.07. The van der Waals surface area contributed by atoms with E-state index in [2.05, 4.69) is 5.32 Å². The molecule has 1 heterocycles. The Morgan fingerprint density at radius 1 is 1.50 bits per heavy atom. The first-order chi connectivity index (χ1) is 5.72. The van der Waals surface area contributed by atoms with Gasteiger partial charge in [0, 0.05) is 6.04 Å². The first-order valence-electron chi connectivity index (χ1n) is 3.46. The minimum atomic E-state index is -0.519. The number of aliphatic carboxylic acids is 1. The summed E-state index contributed by atoms with van der Waals surface area (Å²) in [5.74, 6) is -0.519. The van der Waals surface area contributed by atoms with Gasteiger partial charge in [-0.05, 0) is 0 Å². The molecule has 76 valence electrons. The van der Waals surface area contributed by atoms with E-state index in [1.54, 1.807) is 0 Å². The summed E-state index contributed by atoms with van der Waals surface area (Å²) in [4.78, 5) is 8.56. The summed E-state index contributed by atoms with van der Waals surface area (Å²) in [5, 5.41) is 12.5. The van der Waals surface area contributed by atoms with Crippen molar-refractivity contribution in [1.29, 1.82) is 0 Å². The zero-order valence-corrected chi connectivity index (χ0v) is 9.39. The second-order valence-corrected chi connectivity index (χ2v) is 4.68. The monoisotopic (exact) mass is 305 g/mol. The molecular formula is C6H11Cl2NO2Pd. The van der Waals surface area contributed by atoms with Crippen molar-refractivity contribution >= 4 is 25.0 Å². The van der Waals surface area contributed by atoms with E-state index >= 15 is 0 Å². The molecule has 2 N–H and O–H groups in total. The standard InChI is InChI=1S/C6H10NO2.2ClH.Pd/c8-6(9)5-3-1-2-4-7-5;;;/h5H,1-4H2,(H,8,9);2*1H;/q-1;;;+2/p-1. The van der Waals surface area contributed by atoms with Gasteiger partial charge in [0.15, 0.2) is 0 Å². The molecular weight excluding hydrogens is 295 g/mol. The number of carboxylic acid groups (broad SMARTS) is 1. The molecule has 1 fully saturated rings. The third kappa shape index (κ3) is 6.22. The minimum absolute atomic E-state index is 0.106. The Balaban J connectivity index is 0.000000354. The summed E-state index contributed by atoms with van der Waals surface area (Å²) in [6.45, 7) is 0.773. The Hall–Kier alpha value is 0.672. The van der Waals surface area contributed by atoms with Gasteiger partial charge in [-0.3, -0.25) is 0 Å². The van der Waals surface area contributed by atoms with Crippen molar-refractivity contribution in [2.45, 2.75) is 25.3 Å². The van der Waals surface area contributed by atoms with Crippen LogP contribution in [0, 0.1) is 0 Å². The third-order valence-electron chi connectivity index (χ3n) is 1.53. The third-order valence-corrected chi connectivity index (χ3v) is 1.53. The fourth-order valence-corrected chi connectivity index (χ4v) is 0.999. The molecule has 0 spiro atoms. The summed E-state index contributed by atoms with van der Waals surface area (Å²) in [6, 6.07) is -0.293. The summed E-state index contributed by atoms with van der Waals surface area (Å²) >= 11 is -0.106. The molecule has 0 bridgehead atoms. The van der Waals surface area contributed by atoms with Crippen molar-refractivity contribution in [1.82, 2.24) is 0 Å². The van der Waals surface area contributed by atoms with E-state index < -0.39 is 5.97 Å². The Morgan fingerprint density at radius 3 is 2.33 bits per heavy atom. The van der Waals surface area contributed by atoms with Gasteiger partial charge in [-0.15, -0.1) is 6.54 Å². The van der Waals surface area contributed by atoms with Crippen LogP contribution in [0.15, 0.2) is 0 Å². The maximum atomic E-state index is 8.56. The Morgan fingerprint density at radius 2 is 2.08 bits per heavy atom. The van der Waals surface area contributed by atoms with E-state index in [4.69, 9.17) is 29.0 Å². The quantitative estimate of drug-likeness (QED) is 0.587. The van der Waals surface area contributed by atoms with Gasteiger partial charge in [0.05, 0.1) is 0 Å². The van der Waals surface area contributed by atoms with Gasteiger partial charge in [0.1, 0.15) is 0 Å². The molecule has 3 nitrogen and oxygen atoms in total. The molecule has 0 aliphatic carbocycles. The number of aliphatic hydroxyl groups excluding tert-OH is 1. The topological polar surface area (TPSA) is 55.7 Å². The van der Waals surface area contributed by atoms with Crippen LogP contribution in [-0.4, -0.2) is 28.5 Å². The summed E-state index contributed by atoms with van der Waals surface area (Å²) in [6.07, 6.45) is 2.94. The van der Waals surface area contributed by atoms with Crippen LogP contribution < -0.4 is 0 Å². The zero-order chi connectivity index (χ0) is 9.40. The van der Waals surface area contributed by atoms with E-state index in [1.807, 2.05) is 0 Å². The Bertz CT molecular complexity index is 131. The number of piperidine rings is 1. The van der Waals surface area contributed by atoms with Crippen LogP contribution in [-0.2, 0) is 15.9 Å². The maximum absolute atomic E-state index is 8.56. The van der Waals surface area contributed by atoms with Crippen LogP contribution in [0.2, 0.25) is 0 Å². The van der Waals surface area contributed by atoms with Crippen LogP contribution in [0.1, 0.15) is 19.3 Å². The second-order valence-electron chi connectivity index (χ2n) is 2.32. The number of halogens is 2. The number of hydrogen-bond acceptors (Lipinski definition) is 0. The summed E-state index contributed by atoms with van der Waals surface area (Å²) in [7, 11) is 9.63. The van der Waals surface area contributed by atoms with Gasteiger partial charge < -0.3 is 15.2 Å².